The lowest BCUT2D eigenvalue weighted by molar-refractivity contribution is 0.876. The zero-order valence-electron chi connectivity index (χ0n) is 15.0. The largest absolute Gasteiger partial charge is 0.268 e. The zero-order chi connectivity index (χ0) is 18.3. The van der Waals surface area contributed by atoms with Gasteiger partial charge in [-0.3, -0.25) is 9.20 Å². The molecule has 4 aromatic rings. The van der Waals surface area contributed by atoms with Gasteiger partial charge in [0.15, 0.2) is 5.16 Å². The molecule has 4 rings (SSSR count). The molecular formula is C20H20N4OS. The van der Waals surface area contributed by atoms with Crippen LogP contribution in [0.2, 0.25) is 0 Å². The summed E-state index contributed by atoms with van der Waals surface area (Å²) in [5.41, 5.74) is 2.70. The molecule has 2 aromatic heterocycles. The number of aromatic nitrogens is 4. The van der Waals surface area contributed by atoms with E-state index in [1.165, 1.54) is 0 Å². The topological polar surface area (TPSA) is 52.2 Å². The predicted octanol–water partition coefficient (Wildman–Crippen LogP) is 4.23. The van der Waals surface area contributed by atoms with Crippen LogP contribution in [-0.2, 0) is 0 Å². The van der Waals surface area contributed by atoms with Crippen LogP contribution in [0.1, 0.15) is 25.8 Å². The molecule has 0 aliphatic rings. The summed E-state index contributed by atoms with van der Waals surface area (Å²) in [6, 6.07) is 15.5. The Morgan fingerprint density at radius 2 is 1.81 bits per heavy atom. The summed E-state index contributed by atoms with van der Waals surface area (Å²) in [5, 5.41) is 10.7. The van der Waals surface area contributed by atoms with Crippen LogP contribution in [0.3, 0.4) is 0 Å². The van der Waals surface area contributed by atoms with Crippen molar-refractivity contribution in [3.05, 3.63) is 64.4 Å². The second-order valence-electron chi connectivity index (χ2n) is 6.45. The van der Waals surface area contributed by atoms with Gasteiger partial charge in [0.25, 0.3) is 5.56 Å². The summed E-state index contributed by atoms with van der Waals surface area (Å²) in [7, 11) is 0. The van der Waals surface area contributed by atoms with Gasteiger partial charge in [0.1, 0.15) is 0 Å². The van der Waals surface area contributed by atoms with E-state index in [4.69, 9.17) is 0 Å². The molecule has 6 heteroatoms. The number of hydrogen-bond acceptors (Lipinski definition) is 4. The number of aryl methyl sites for hydroxylation is 1. The maximum absolute atomic E-state index is 13.2. The molecular weight excluding hydrogens is 344 g/mol. The Labute approximate surface area is 155 Å². The number of fused-ring (bicyclic) bond motifs is 3. The first-order chi connectivity index (χ1) is 12.6. The fourth-order valence-corrected chi connectivity index (χ4v) is 3.84. The van der Waals surface area contributed by atoms with Gasteiger partial charge in [-0.15, -0.1) is 10.2 Å². The minimum absolute atomic E-state index is 0.0792. The molecule has 0 saturated carbocycles. The number of para-hydroxylation sites is 1. The quantitative estimate of drug-likeness (QED) is 0.509. The normalized spacial score (nSPS) is 12.7. The van der Waals surface area contributed by atoms with Crippen LogP contribution in [0, 0.1) is 6.92 Å². The van der Waals surface area contributed by atoms with E-state index in [1.807, 2.05) is 59.9 Å². The van der Waals surface area contributed by atoms with Gasteiger partial charge < -0.3 is 0 Å². The smallest absolute Gasteiger partial charge is 0.267 e. The summed E-state index contributed by atoms with van der Waals surface area (Å²) in [6.07, 6.45) is 1.04. The highest BCUT2D eigenvalue weighted by Crippen LogP contribution is 2.27. The Hall–Kier alpha value is -2.60. The van der Waals surface area contributed by atoms with Gasteiger partial charge in [-0.1, -0.05) is 55.4 Å². The Bertz CT molecular complexity index is 1140. The van der Waals surface area contributed by atoms with Gasteiger partial charge >= 0.3 is 0 Å². The number of benzene rings is 2. The summed E-state index contributed by atoms with van der Waals surface area (Å²) >= 11 is 1.68. The van der Waals surface area contributed by atoms with Crippen molar-refractivity contribution in [1.29, 1.82) is 0 Å². The van der Waals surface area contributed by atoms with Gasteiger partial charge in [0.05, 0.1) is 16.6 Å². The number of thioether (sulfide) groups is 1. The lowest BCUT2D eigenvalue weighted by Crippen LogP contribution is -2.21. The predicted molar refractivity (Wildman–Crippen MR) is 106 cm³/mol. The highest BCUT2D eigenvalue weighted by Gasteiger charge is 2.18. The lowest BCUT2D eigenvalue weighted by Gasteiger charge is -2.12. The molecule has 0 aliphatic carbocycles. The molecule has 0 bridgehead atoms. The van der Waals surface area contributed by atoms with Crippen LogP contribution >= 0.6 is 11.8 Å². The molecule has 0 amide bonds. The van der Waals surface area contributed by atoms with E-state index in [0.717, 1.165) is 28.3 Å². The number of nitrogens with zero attached hydrogens (tertiary/aromatic N) is 4. The van der Waals surface area contributed by atoms with Gasteiger partial charge in [-0.05, 0) is 37.6 Å². The molecule has 26 heavy (non-hydrogen) atoms. The summed E-state index contributed by atoms with van der Waals surface area (Å²) < 4.78 is 3.64. The lowest BCUT2D eigenvalue weighted by atomic mass is 10.2. The minimum atomic E-state index is -0.0792. The molecule has 0 N–H and O–H groups in total. The first kappa shape index (κ1) is 16.8. The second kappa shape index (κ2) is 6.61. The minimum Gasteiger partial charge on any atom is -0.268 e. The van der Waals surface area contributed by atoms with Crippen molar-refractivity contribution in [2.75, 3.05) is 0 Å². The van der Waals surface area contributed by atoms with E-state index in [2.05, 4.69) is 24.0 Å². The van der Waals surface area contributed by atoms with Crippen molar-refractivity contribution < 1.29 is 0 Å². The molecule has 1 unspecified atom stereocenters. The first-order valence-corrected chi connectivity index (χ1v) is 9.60. The average molecular weight is 364 g/mol. The van der Waals surface area contributed by atoms with Crippen molar-refractivity contribution in [3.63, 3.8) is 0 Å². The fraction of sp³-hybridized carbons (Fsp3) is 0.250. The maximum Gasteiger partial charge on any atom is 0.267 e. The van der Waals surface area contributed by atoms with Crippen molar-refractivity contribution in [3.8, 4) is 5.69 Å². The van der Waals surface area contributed by atoms with Gasteiger partial charge in [0, 0.05) is 5.25 Å². The zero-order valence-corrected chi connectivity index (χ0v) is 15.8. The molecule has 1 atom stereocenters. The Balaban J connectivity index is 2.09. The third-order valence-electron chi connectivity index (χ3n) is 4.57. The second-order valence-corrected chi connectivity index (χ2v) is 7.85. The van der Waals surface area contributed by atoms with E-state index >= 15 is 0 Å². The monoisotopic (exact) mass is 364 g/mol. The maximum atomic E-state index is 13.2. The van der Waals surface area contributed by atoms with E-state index in [9.17, 15) is 4.79 Å². The Kier molecular flexibility index (Phi) is 4.28. The van der Waals surface area contributed by atoms with Crippen LogP contribution in [0.4, 0.5) is 0 Å². The van der Waals surface area contributed by atoms with Crippen molar-refractivity contribution in [1.82, 2.24) is 19.2 Å². The average Bonchev–Trinajstić information content (AvgIpc) is 3.06. The summed E-state index contributed by atoms with van der Waals surface area (Å²) in [5.74, 6) is 0.545. The van der Waals surface area contributed by atoms with Crippen molar-refractivity contribution in [2.24, 2.45) is 0 Å². The highest BCUT2D eigenvalue weighted by atomic mass is 32.2. The summed E-state index contributed by atoms with van der Waals surface area (Å²) in [4.78, 5) is 13.2. The summed E-state index contributed by atoms with van der Waals surface area (Å²) in [6.45, 7) is 6.35. The van der Waals surface area contributed by atoms with E-state index in [0.29, 0.717) is 16.4 Å². The van der Waals surface area contributed by atoms with Gasteiger partial charge in [-0.25, -0.2) is 4.57 Å². The van der Waals surface area contributed by atoms with Crippen LogP contribution < -0.4 is 5.56 Å². The third kappa shape index (κ3) is 2.70. The Morgan fingerprint density at radius 3 is 2.54 bits per heavy atom. The molecule has 5 nitrogen and oxygen atoms in total. The number of hydrogen-bond donors (Lipinski definition) is 0. The Morgan fingerprint density at radius 1 is 1.08 bits per heavy atom. The van der Waals surface area contributed by atoms with Crippen molar-refractivity contribution >= 4 is 28.4 Å². The molecule has 0 aliphatic heterocycles. The molecule has 0 radical (unpaired) electrons. The molecule has 132 valence electrons. The number of rotatable bonds is 4. The van der Waals surface area contributed by atoms with Crippen LogP contribution in [-0.4, -0.2) is 24.4 Å². The van der Waals surface area contributed by atoms with Crippen LogP contribution in [0.25, 0.3) is 22.4 Å². The van der Waals surface area contributed by atoms with E-state index in [-0.39, 0.29) is 5.56 Å². The van der Waals surface area contributed by atoms with Gasteiger partial charge in [-0.2, -0.15) is 0 Å². The van der Waals surface area contributed by atoms with E-state index in [1.54, 1.807) is 16.3 Å². The van der Waals surface area contributed by atoms with Crippen LogP contribution in [0.5, 0.6) is 0 Å². The highest BCUT2D eigenvalue weighted by molar-refractivity contribution is 7.99. The molecule has 2 heterocycles. The fourth-order valence-electron chi connectivity index (χ4n) is 2.94. The standard InChI is InChI=1S/C20H20N4OS/c1-4-14(3)26-20-22-21-19-23(15-11-9-13(2)10-12-15)18(25)16-7-5-6-8-17(16)24(19)20/h5-12,14H,4H2,1-3H3. The first-order valence-electron chi connectivity index (χ1n) is 8.72. The third-order valence-corrected chi connectivity index (χ3v) is 5.78. The van der Waals surface area contributed by atoms with E-state index < -0.39 is 0 Å². The van der Waals surface area contributed by atoms with Crippen molar-refractivity contribution in [2.45, 2.75) is 37.6 Å². The molecule has 0 saturated heterocycles. The van der Waals surface area contributed by atoms with Crippen LogP contribution in [0.15, 0.2) is 58.5 Å². The molecule has 2 aromatic carbocycles. The molecule has 0 spiro atoms. The van der Waals surface area contributed by atoms with Gasteiger partial charge in [0.2, 0.25) is 5.78 Å². The molecule has 0 fully saturated rings. The SMILES string of the molecule is CCC(C)Sc1nnc2n(-c3ccc(C)cc3)c(=O)c3ccccc3n12.